The Labute approximate surface area is 183 Å². The fraction of sp³-hybridized carbons (Fsp3) is 0.500. The molecule has 168 valence electrons. The number of allylic oxidation sites excluding steroid dienone is 3. The van der Waals surface area contributed by atoms with Crippen molar-refractivity contribution in [2.75, 3.05) is 13.7 Å². The zero-order valence-electron chi connectivity index (χ0n) is 18.2. The molecule has 2 unspecified atom stereocenters. The highest BCUT2D eigenvalue weighted by Crippen LogP contribution is 2.41. The van der Waals surface area contributed by atoms with Crippen LogP contribution in [0.5, 0.6) is 11.5 Å². The zero-order chi connectivity index (χ0) is 22.2. The van der Waals surface area contributed by atoms with Crippen LogP contribution in [0.2, 0.25) is 0 Å². The number of hydrogen-bond donors (Lipinski definition) is 2. The van der Waals surface area contributed by atoms with Gasteiger partial charge in [-0.05, 0) is 50.7 Å². The Balaban J connectivity index is 2.15. The van der Waals surface area contributed by atoms with Crippen LogP contribution in [0.1, 0.15) is 73.0 Å². The molecule has 0 saturated carbocycles. The van der Waals surface area contributed by atoms with Crippen molar-refractivity contribution in [2.24, 2.45) is 5.16 Å². The number of hydrogen-bond acceptors (Lipinski definition) is 7. The maximum absolute atomic E-state index is 13.1. The van der Waals surface area contributed by atoms with Crippen LogP contribution in [0.4, 0.5) is 0 Å². The van der Waals surface area contributed by atoms with Crippen molar-refractivity contribution in [3.05, 3.63) is 47.1 Å². The van der Waals surface area contributed by atoms with Gasteiger partial charge in [-0.3, -0.25) is 0 Å². The molecule has 31 heavy (non-hydrogen) atoms. The van der Waals surface area contributed by atoms with Gasteiger partial charge in [0.05, 0.1) is 11.8 Å². The Morgan fingerprint density at radius 2 is 1.94 bits per heavy atom. The molecule has 1 fully saturated rings. The van der Waals surface area contributed by atoms with Gasteiger partial charge in [0.2, 0.25) is 0 Å². The Hall–Kier alpha value is -2.80. The summed E-state index contributed by atoms with van der Waals surface area (Å²) in [6.07, 6.45) is 12.2. The molecule has 0 amide bonds. The van der Waals surface area contributed by atoms with Gasteiger partial charge < -0.3 is 24.5 Å². The lowest BCUT2D eigenvalue weighted by Gasteiger charge is -2.27. The van der Waals surface area contributed by atoms with E-state index in [1.807, 2.05) is 25.2 Å². The minimum atomic E-state index is -0.636. The number of fused-ring (bicyclic) bond motifs is 1. The summed E-state index contributed by atoms with van der Waals surface area (Å²) in [6, 6.07) is 1.20. The number of nitrogens with zero attached hydrogens (tertiary/aromatic N) is 1. The van der Waals surface area contributed by atoms with Crippen molar-refractivity contribution in [3.63, 3.8) is 0 Å². The van der Waals surface area contributed by atoms with Crippen LogP contribution in [0, 0.1) is 0 Å². The monoisotopic (exact) mass is 429 g/mol. The summed E-state index contributed by atoms with van der Waals surface area (Å²) in [7, 11) is 1.46. The first-order valence-electron chi connectivity index (χ1n) is 10.8. The quantitative estimate of drug-likeness (QED) is 0.401. The van der Waals surface area contributed by atoms with Gasteiger partial charge in [-0.15, -0.1) is 0 Å². The minimum absolute atomic E-state index is 0.0343. The summed E-state index contributed by atoms with van der Waals surface area (Å²) in [5.41, 5.74) is 1.55. The number of phenols is 2. The van der Waals surface area contributed by atoms with E-state index >= 15 is 0 Å². The molecule has 3 rings (SSSR count). The second-order valence-corrected chi connectivity index (χ2v) is 7.88. The van der Waals surface area contributed by atoms with Crippen LogP contribution in [-0.2, 0) is 20.7 Å². The number of cyclic esters (lactones) is 1. The third kappa shape index (κ3) is 5.88. The number of oxime groups is 1. The SMILES string of the molecule is CON=C1/C=C/CC/C=C/CC(C)OC(=O)c2c(O)cc(O)c(C3CCCCO3)c2C1. The number of benzene rings is 1. The molecule has 0 aromatic heterocycles. The van der Waals surface area contributed by atoms with Gasteiger partial charge >= 0.3 is 5.97 Å². The number of carbonyl (C=O) groups is 1. The van der Waals surface area contributed by atoms with Crippen LogP contribution in [0.3, 0.4) is 0 Å². The smallest absolute Gasteiger partial charge is 0.342 e. The van der Waals surface area contributed by atoms with Crippen molar-refractivity contribution in [3.8, 4) is 11.5 Å². The van der Waals surface area contributed by atoms with E-state index in [0.717, 1.165) is 25.7 Å². The van der Waals surface area contributed by atoms with Crippen molar-refractivity contribution >= 4 is 11.7 Å². The first kappa shape index (κ1) is 22.9. The standard InChI is InChI=1S/C24H31NO6/c1-16-10-6-4-3-5-7-11-17(25-29-2)14-18-22(21-12-8-9-13-30-21)19(26)15-20(27)23(18)24(28)31-16/h4,6-7,11,15-16,21,26-27H,3,5,8-10,12-14H2,1-2H3/b6-4+,11-7+,25-17?. The fourth-order valence-electron chi connectivity index (χ4n) is 3.99. The van der Waals surface area contributed by atoms with E-state index in [1.54, 1.807) is 0 Å². The topological polar surface area (TPSA) is 97.6 Å². The van der Waals surface area contributed by atoms with Gasteiger partial charge in [-0.1, -0.05) is 23.4 Å². The number of rotatable bonds is 2. The third-order valence-corrected chi connectivity index (χ3v) is 5.46. The van der Waals surface area contributed by atoms with Crippen molar-refractivity contribution in [1.29, 1.82) is 0 Å². The summed E-state index contributed by atoms with van der Waals surface area (Å²) < 4.78 is 11.5. The van der Waals surface area contributed by atoms with E-state index < -0.39 is 5.97 Å². The van der Waals surface area contributed by atoms with Gasteiger partial charge in [-0.2, -0.15) is 0 Å². The Morgan fingerprint density at radius 3 is 2.68 bits per heavy atom. The lowest BCUT2D eigenvalue weighted by Crippen LogP contribution is -2.21. The average molecular weight is 430 g/mol. The highest BCUT2D eigenvalue weighted by atomic mass is 16.6. The van der Waals surface area contributed by atoms with Crippen LogP contribution >= 0.6 is 0 Å². The van der Waals surface area contributed by atoms with Gasteiger partial charge in [0.1, 0.15) is 30.3 Å². The second-order valence-electron chi connectivity index (χ2n) is 7.88. The van der Waals surface area contributed by atoms with Gasteiger partial charge in [0, 0.05) is 31.1 Å². The molecule has 0 radical (unpaired) electrons. The number of esters is 1. The lowest BCUT2D eigenvalue weighted by atomic mass is 9.88. The summed E-state index contributed by atoms with van der Waals surface area (Å²) in [6.45, 7) is 2.39. The molecule has 0 aliphatic carbocycles. The molecule has 2 heterocycles. The molecule has 2 N–H and O–H groups in total. The Morgan fingerprint density at radius 1 is 1.13 bits per heavy atom. The summed E-state index contributed by atoms with van der Waals surface area (Å²) in [5.74, 6) is -1.07. The molecular formula is C24H31NO6. The van der Waals surface area contributed by atoms with Crippen LogP contribution < -0.4 is 0 Å². The molecular weight excluding hydrogens is 398 g/mol. The van der Waals surface area contributed by atoms with Crippen LogP contribution in [-0.4, -0.2) is 41.7 Å². The second kappa shape index (κ2) is 11.0. The highest BCUT2D eigenvalue weighted by Gasteiger charge is 2.30. The average Bonchev–Trinajstić information content (AvgIpc) is 2.73. The normalized spacial score (nSPS) is 26.4. The molecule has 2 aliphatic heterocycles. The summed E-state index contributed by atoms with van der Waals surface area (Å²) >= 11 is 0. The molecule has 0 spiro atoms. The van der Waals surface area contributed by atoms with Crippen LogP contribution in [0.25, 0.3) is 0 Å². The van der Waals surface area contributed by atoms with Crippen molar-refractivity contribution in [2.45, 2.75) is 64.1 Å². The Kier molecular flexibility index (Phi) is 8.12. The summed E-state index contributed by atoms with van der Waals surface area (Å²) in [4.78, 5) is 18.1. The fourth-order valence-corrected chi connectivity index (χ4v) is 3.99. The molecule has 1 saturated heterocycles. The summed E-state index contributed by atoms with van der Waals surface area (Å²) in [5, 5.41) is 25.5. The number of ether oxygens (including phenoxy) is 2. The number of aromatic hydroxyl groups is 2. The van der Waals surface area contributed by atoms with E-state index in [0.29, 0.717) is 36.3 Å². The molecule has 1 aromatic carbocycles. The first-order valence-corrected chi connectivity index (χ1v) is 10.8. The largest absolute Gasteiger partial charge is 0.507 e. The van der Waals surface area contributed by atoms with E-state index in [2.05, 4.69) is 11.2 Å². The van der Waals surface area contributed by atoms with Crippen molar-refractivity contribution in [1.82, 2.24) is 0 Å². The lowest BCUT2D eigenvalue weighted by molar-refractivity contribution is 0.0129. The highest BCUT2D eigenvalue weighted by molar-refractivity contribution is 6.01. The number of phenolic OH excluding ortho intramolecular Hbond substituents is 2. The maximum atomic E-state index is 13.1. The van der Waals surface area contributed by atoms with Crippen molar-refractivity contribution < 1.29 is 29.3 Å². The predicted molar refractivity (Wildman–Crippen MR) is 117 cm³/mol. The van der Waals surface area contributed by atoms with Crippen LogP contribution in [0.15, 0.2) is 35.5 Å². The molecule has 7 heteroatoms. The minimum Gasteiger partial charge on any atom is -0.507 e. The maximum Gasteiger partial charge on any atom is 0.342 e. The van der Waals surface area contributed by atoms with E-state index in [9.17, 15) is 15.0 Å². The van der Waals surface area contributed by atoms with E-state index in [4.69, 9.17) is 14.3 Å². The van der Waals surface area contributed by atoms with E-state index in [1.165, 1.54) is 13.2 Å². The molecule has 7 nitrogen and oxygen atoms in total. The molecule has 0 bridgehead atoms. The molecule has 2 aliphatic rings. The predicted octanol–water partition coefficient (Wildman–Crippen LogP) is 4.73. The van der Waals surface area contributed by atoms with E-state index in [-0.39, 0.29) is 35.7 Å². The molecule has 2 atom stereocenters. The third-order valence-electron chi connectivity index (χ3n) is 5.46. The zero-order valence-corrected chi connectivity index (χ0v) is 18.2. The van der Waals surface area contributed by atoms with Gasteiger partial charge in [0.15, 0.2) is 0 Å². The number of carbonyl (C=O) groups excluding carboxylic acids is 1. The van der Waals surface area contributed by atoms with Gasteiger partial charge in [-0.25, -0.2) is 4.79 Å². The first-order chi connectivity index (χ1) is 15.0. The Bertz CT molecular complexity index is 867. The van der Waals surface area contributed by atoms with Gasteiger partial charge in [0.25, 0.3) is 0 Å². The molecule has 1 aromatic rings.